The molecule has 1 heterocycles. The smallest absolute Gasteiger partial charge is 0.199 e. The third-order valence-corrected chi connectivity index (χ3v) is 5.11. The van der Waals surface area contributed by atoms with Gasteiger partial charge < -0.3 is 14.9 Å². The lowest BCUT2D eigenvalue weighted by atomic mass is 9.67. The predicted octanol–water partition coefficient (Wildman–Crippen LogP) is 2.67. The van der Waals surface area contributed by atoms with E-state index in [-0.39, 0.29) is 12.0 Å². The van der Waals surface area contributed by atoms with Crippen molar-refractivity contribution in [3.63, 3.8) is 0 Å². The van der Waals surface area contributed by atoms with Crippen molar-refractivity contribution in [1.82, 2.24) is 0 Å². The van der Waals surface area contributed by atoms with Crippen molar-refractivity contribution in [2.24, 2.45) is 5.11 Å². The van der Waals surface area contributed by atoms with Crippen LogP contribution in [0.15, 0.2) is 65.8 Å². The standard InChI is InChI=1S/C20H21N3O4/c1-14-17(22-23-21)19(25,12-15-8-4-2-5-9-15)20(26,13-27-14)18(24)16-10-6-3-7-11-16/h2-11,14,17,25-26H,12-13H2,1H3/t14-,17-,19+,20+/m1/s1. The molecule has 1 saturated heterocycles. The first-order chi connectivity index (χ1) is 12.9. The summed E-state index contributed by atoms with van der Waals surface area (Å²) in [5.74, 6) is -0.674. The monoisotopic (exact) mass is 367 g/mol. The Labute approximate surface area is 156 Å². The molecule has 0 amide bonds. The summed E-state index contributed by atoms with van der Waals surface area (Å²) >= 11 is 0. The van der Waals surface area contributed by atoms with Crippen LogP contribution in [0, 0.1) is 0 Å². The predicted molar refractivity (Wildman–Crippen MR) is 99.2 cm³/mol. The first-order valence-electron chi connectivity index (χ1n) is 8.67. The number of carbonyl (C=O) groups excluding carboxylic acids is 1. The second kappa shape index (κ2) is 7.50. The van der Waals surface area contributed by atoms with E-state index in [1.54, 1.807) is 61.5 Å². The van der Waals surface area contributed by atoms with Crippen LogP contribution >= 0.6 is 0 Å². The highest BCUT2D eigenvalue weighted by molar-refractivity contribution is 6.03. The summed E-state index contributed by atoms with van der Waals surface area (Å²) in [5.41, 5.74) is 5.62. The van der Waals surface area contributed by atoms with Crippen molar-refractivity contribution in [3.8, 4) is 0 Å². The number of azide groups is 1. The maximum Gasteiger partial charge on any atom is 0.199 e. The number of Topliss-reactive ketones (excluding diaryl/α,β-unsaturated/α-hetero) is 1. The topological polar surface area (TPSA) is 116 Å². The van der Waals surface area contributed by atoms with E-state index in [4.69, 9.17) is 10.3 Å². The van der Waals surface area contributed by atoms with Gasteiger partial charge in [0, 0.05) is 16.9 Å². The molecule has 4 atom stereocenters. The van der Waals surface area contributed by atoms with Gasteiger partial charge in [-0.25, -0.2) is 0 Å². The SMILES string of the molecule is C[C@H]1OC[C@](O)(C(=O)c2ccccc2)[C@](O)(Cc2ccccc2)[C@@H]1N=[N+]=[N-]. The van der Waals surface area contributed by atoms with E-state index >= 15 is 0 Å². The van der Waals surface area contributed by atoms with Gasteiger partial charge in [0.2, 0.25) is 0 Å². The summed E-state index contributed by atoms with van der Waals surface area (Å²) in [4.78, 5) is 16.0. The van der Waals surface area contributed by atoms with Crippen LogP contribution in [0.2, 0.25) is 0 Å². The summed E-state index contributed by atoms with van der Waals surface area (Å²) in [5, 5.41) is 26.7. The number of rotatable bonds is 5. The van der Waals surface area contributed by atoms with Gasteiger partial charge in [0.25, 0.3) is 0 Å². The number of ketones is 1. The minimum absolute atomic E-state index is 0.0691. The van der Waals surface area contributed by atoms with Gasteiger partial charge in [-0.1, -0.05) is 65.8 Å². The van der Waals surface area contributed by atoms with Crippen molar-refractivity contribution in [3.05, 3.63) is 82.2 Å². The zero-order chi connectivity index (χ0) is 19.5. The summed E-state index contributed by atoms with van der Waals surface area (Å²) in [6.07, 6.45) is -0.737. The lowest BCUT2D eigenvalue weighted by molar-refractivity contribution is -0.221. The molecule has 0 bridgehead atoms. The molecule has 0 spiro atoms. The molecular formula is C20H21N3O4. The molecular weight excluding hydrogens is 346 g/mol. The van der Waals surface area contributed by atoms with Gasteiger partial charge in [-0.05, 0) is 18.0 Å². The number of carbonyl (C=O) groups is 1. The Balaban J connectivity index is 2.11. The summed E-state index contributed by atoms with van der Waals surface area (Å²) in [7, 11) is 0. The minimum Gasteiger partial charge on any atom is -0.385 e. The van der Waals surface area contributed by atoms with Crippen LogP contribution in [0.4, 0.5) is 0 Å². The maximum atomic E-state index is 13.2. The van der Waals surface area contributed by atoms with Gasteiger partial charge in [-0.3, -0.25) is 4.79 Å². The molecule has 7 heteroatoms. The number of nitrogens with zero attached hydrogens (tertiary/aromatic N) is 3. The molecule has 0 aliphatic carbocycles. The molecule has 0 radical (unpaired) electrons. The van der Waals surface area contributed by atoms with Gasteiger partial charge in [-0.2, -0.15) is 0 Å². The van der Waals surface area contributed by atoms with Gasteiger partial charge in [-0.15, -0.1) is 0 Å². The Bertz CT molecular complexity index is 854. The van der Waals surface area contributed by atoms with Gasteiger partial charge in [0.15, 0.2) is 11.4 Å². The molecule has 2 N–H and O–H groups in total. The van der Waals surface area contributed by atoms with Gasteiger partial charge in [0.05, 0.1) is 18.8 Å². The lowest BCUT2D eigenvalue weighted by Crippen LogP contribution is -2.73. The average molecular weight is 367 g/mol. The maximum absolute atomic E-state index is 13.2. The molecule has 140 valence electrons. The second-order valence-electron chi connectivity index (χ2n) is 6.81. The fraction of sp³-hybridized carbons (Fsp3) is 0.350. The van der Waals surface area contributed by atoms with Crippen molar-refractivity contribution in [2.45, 2.75) is 36.7 Å². The van der Waals surface area contributed by atoms with E-state index in [0.29, 0.717) is 5.56 Å². The van der Waals surface area contributed by atoms with E-state index in [1.807, 2.05) is 6.07 Å². The Morgan fingerprint density at radius 1 is 1.19 bits per heavy atom. The van der Waals surface area contributed by atoms with Crippen molar-refractivity contribution >= 4 is 5.78 Å². The van der Waals surface area contributed by atoms with Crippen LogP contribution in [0.1, 0.15) is 22.8 Å². The molecule has 2 aromatic carbocycles. The van der Waals surface area contributed by atoms with E-state index in [1.165, 1.54) is 0 Å². The molecule has 0 unspecified atom stereocenters. The molecule has 1 aliphatic heterocycles. The largest absolute Gasteiger partial charge is 0.385 e. The minimum atomic E-state index is -2.27. The normalized spacial score (nSPS) is 30.3. The highest BCUT2D eigenvalue weighted by atomic mass is 16.5. The molecule has 27 heavy (non-hydrogen) atoms. The first kappa shape index (κ1) is 19.1. The van der Waals surface area contributed by atoms with Gasteiger partial charge in [0.1, 0.15) is 5.60 Å². The highest BCUT2D eigenvalue weighted by Gasteiger charge is 2.63. The van der Waals surface area contributed by atoms with Crippen LogP contribution in [0.3, 0.4) is 0 Å². The average Bonchev–Trinajstić information content (AvgIpc) is 2.69. The van der Waals surface area contributed by atoms with Gasteiger partial charge >= 0.3 is 0 Å². The molecule has 0 saturated carbocycles. The summed E-state index contributed by atoms with van der Waals surface area (Å²) in [6.45, 7) is 1.24. The Hall–Kier alpha value is -2.70. The van der Waals surface area contributed by atoms with Crippen molar-refractivity contribution in [1.29, 1.82) is 0 Å². The van der Waals surface area contributed by atoms with E-state index in [9.17, 15) is 15.0 Å². The van der Waals surface area contributed by atoms with E-state index in [0.717, 1.165) is 0 Å². The molecule has 1 fully saturated rings. The second-order valence-corrected chi connectivity index (χ2v) is 6.81. The van der Waals surface area contributed by atoms with Crippen LogP contribution in [0.25, 0.3) is 10.4 Å². The van der Waals surface area contributed by atoms with Crippen LogP contribution in [-0.2, 0) is 11.2 Å². The third kappa shape index (κ3) is 3.34. The van der Waals surface area contributed by atoms with Crippen molar-refractivity contribution in [2.75, 3.05) is 6.61 Å². The zero-order valence-electron chi connectivity index (χ0n) is 14.9. The third-order valence-electron chi connectivity index (χ3n) is 5.11. The number of aliphatic hydroxyl groups is 2. The summed E-state index contributed by atoms with van der Waals surface area (Å²) < 4.78 is 5.54. The van der Waals surface area contributed by atoms with E-state index < -0.39 is 35.7 Å². The number of hydrogen-bond donors (Lipinski definition) is 2. The molecule has 7 nitrogen and oxygen atoms in total. The number of hydrogen-bond acceptors (Lipinski definition) is 5. The Kier molecular flexibility index (Phi) is 5.30. The first-order valence-corrected chi connectivity index (χ1v) is 8.67. The highest BCUT2D eigenvalue weighted by Crippen LogP contribution is 2.40. The fourth-order valence-corrected chi connectivity index (χ4v) is 3.59. The number of ether oxygens (including phenoxy) is 1. The molecule has 1 aliphatic rings. The van der Waals surface area contributed by atoms with Crippen molar-refractivity contribution < 1.29 is 19.7 Å². The number of benzene rings is 2. The van der Waals surface area contributed by atoms with E-state index in [2.05, 4.69) is 10.0 Å². The fourth-order valence-electron chi connectivity index (χ4n) is 3.59. The molecule has 3 rings (SSSR count). The molecule has 0 aromatic heterocycles. The Morgan fingerprint density at radius 3 is 2.37 bits per heavy atom. The Morgan fingerprint density at radius 2 is 1.78 bits per heavy atom. The quantitative estimate of drug-likeness (QED) is 0.366. The summed E-state index contributed by atoms with van der Waals surface area (Å²) in [6, 6.07) is 16.0. The molecule has 2 aromatic rings. The van der Waals surface area contributed by atoms with Crippen LogP contribution in [-0.4, -0.2) is 46.0 Å². The van der Waals surface area contributed by atoms with Crippen LogP contribution in [0.5, 0.6) is 0 Å². The lowest BCUT2D eigenvalue weighted by Gasteiger charge is -2.51. The zero-order valence-corrected chi connectivity index (χ0v) is 14.9. The van der Waals surface area contributed by atoms with Crippen LogP contribution < -0.4 is 0 Å².